The molecule has 2 aliphatic rings. The van der Waals surface area contributed by atoms with Crippen molar-refractivity contribution in [3.05, 3.63) is 20.8 Å². The van der Waals surface area contributed by atoms with Gasteiger partial charge in [0, 0.05) is 9.35 Å². The fourth-order valence-electron chi connectivity index (χ4n) is 3.57. The van der Waals surface area contributed by atoms with E-state index in [4.69, 9.17) is 0 Å². The molecular formula is C13H16Br2S. The molecule has 0 radical (unpaired) electrons. The molecule has 4 atom stereocenters. The number of hydrogen-bond acceptors (Lipinski definition) is 1. The number of thiophene rings is 1. The van der Waals surface area contributed by atoms with Crippen LogP contribution in [0.5, 0.6) is 0 Å². The van der Waals surface area contributed by atoms with E-state index < -0.39 is 0 Å². The van der Waals surface area contributed by atoms with Crippen molar-refractivity contribution in [1.29, 1.82) is 0 Å². The topological polar surface area (TPSA) is 0 Å². The zero-order valence-electron chi connectivity index (χ0n) is 9.16. The molecule has 1 heterocycles. The van der Waals surface area contributed by atoms with E-state index >= 15 is 0 Å². The fourth-order valence-corrected chi connectivity index (χ4v) is 6.56. The lowest BCUT2D eigenvalue weighted by Gasteiger charge is -2.23. The molecule has 0 amide bonds. The van der Waals surface area contributed by atoms with Gasteiger partial charge in [0.05, 0.1) is 4.83 Å². The third-order valence-electron chi connectivity index (χ3n) is 4.32. The molecule has 0 nitrogen and oxygen atoms in total. The van der Waals surface area contributed by atoms with Gasteiger partial charge in [-0.05, 0) is 70.8 Å². The van der Waals surface area contributed by atoms with Crippen molar-refractivity contribution in [3.8, 4) is 0 Å². The van der Waals surface area contributed by atoms with Crippen molar-refractivity contribution in [2.24, 2.45) is 17.8 Å². The summed E-state index contributed by atoms with van der Waals surface area (Å²) in [6, 6.07) is 2.16. The highest BCUT2D eigenvalue weighted by molar-refractivity contribution is 9.11. The van der Waals surface area contributed by atoms with Crippen LogP contribution in [-0.4, -0.2) is 0 Å². The van der Waals surface area contributed by atoms with Crippen LogP contribution in [0.3, 0.4) is 0 Å². The van der Waals surface area contributed by atoms with Crippen molar-refractivity contribution in [3.63, 3.8) is 0 Å². The molecule has 3 heteroatoms. The summed E-state index contributed by atoms with van der Waals surface area (Å²) in [5.41, 5.74) is 0. The van der Waals surface area contributed by atoms with Crippen LogP contribution in [0, 0.1) is 17.8 Å². The number of rotatable bonds is 3. The Balaban J connectivity index is 1.65. The van der Waals surface area contributed by atoms with E-state index in [1.165, 1.54) is 41.5 Å². The molecule has 0 aliphatic heterocycles. The molecule has 0 N–H and O–H groups in total. The van der Waals surface area contributed by atoms with Crippen LogP contribution in [0.2, 0.25) is 0 Å². The maximum atomic E-state index is 3.88. The summed E-state index contributed by atoms with van der Waals surface area (Å²) < 4.78 is 1.28. The minimum atomic E-state index is 0.561. The average molecular weight is 364 g/mol. The standard InChI is InChI=1S/C13H16Br2S/c14-11-3-4-16-13(11)12(15)7-10-6-8-1-2-9(10)5-8/h3-4,8-10,12H,1-2,5-7H2. The predicted octanol–water partition coefficient (Wildman–Crippen LogP) is 5.77. The minimum Gasteiger partial charge on any atom is -0.147 e. The van der Waals surface area contributed by atoms with Crippen LogP contribution < -0.4 is 0 Å². The highest BCUT2D eigenvalue weighted by Crippen LogP contribution is 2.52. The van der Waals surface area contributed by atoms with E-state index in [-0.39, 0.29) is 0 Å². The Morgan fingerprint density at radius 1 is 1.38 bits per heavy atom. The largest absolute Gasteiger partial charge is 0.147 e. The SMILES string of the molecule is Brc1ccsc1C(Br)CC1CC2CCC1C2. The Morgan fingerprint density at radius 2 is 2.25 bits per heavy atom. The Labute approximate surface area is 118 Å². The number of hydrogen-bond donors (Lipinski definition) is 0. The summed E-state index contributed by atoms with van der Waals surface area (Å²) in [5, 5.41) is 2.18. The van der Waals surface area contributed by atoms with Crippen molar-refractivity contribution < 1.29 is 0 Å². The van der Waals surface area contributed by atoms with Gasteiger partial charge < -0.3 is 0 Å². The molecular weight excluding hydrogens is 348 g/mol. The smallest absolute Gasteiger partial charge is 0.0503 e. The predicted molar refractivity (Wildman–Crippen MR) is 77.2 cm³/mol. The minimum absolute atomic E-state index is 0.561. The Morgan fingerprint density at radius 3 is 2.81 bits per heavy atom. The summed E-state index contributed by atoms with van der Waals surface area (Å²) >= 11 is 9.38. The fraction of sp³-hybridized carbons (Fsp3) is 0.692. The van der Waals surface area contributed by atoms with Gasteiger partial charge in [0.15, 0.2) is 0 Å². The Bertz CT molecular complexity index is 374. The second-order valence-electron chi connectivity index (χ2n) is 5.27. The monoisotopic (exact) mass is 362 g/mol. The van der Waals surface area contributed by atoms with E-state index in [1.54, 1.807) is 0 Å². The molecule has 0 spiro atoms. The first-order valence-corrected chi connectivity index (χ1v) is 8.70. The number of halogens is 2. The maximum absolute atomic E-state index is 3.88. The number of alkyl halides is 1. The van der Waals surface area contributed by atoms with Gasteiger partial charge in [0.25, 0.3) is 0 Å². The van der Waals surface area contributed by atoms with Gasteiger partial charge in [0.1, 0.15) is 0 Å². The molecule has 3 rings (SSSR count). The van der Waals surface area contributed by atoms with Gasteiger partial charge >= 0.3 is 0 Å². The Hall–Kier alpha value is 0.660. The second kappa shape index (κ2) is 4.74. The quantitative estimate of drug-likeness (QED) is 0.597. The molecule has 2 saturated carbocycles. The van der Waals surface area contributed by atoms with Crippen LogP contribution in [0.15, 0.2) is 15.9 Å². The van der Waals surface area contributed by atoms with Gasteiger partial charge in [-0.2, -0.15) is 0 Å². The molecule has 0 aromatic carbocycles. The number of fused-ring (bicyclic) bond motifs is 2. The molecule has 16 heavy (non-hydrogen) atoms. The first-order valence-electron chi connectivity index (χ1n) is 6.11. The summed E-state index contributed by atoms with van der Waals surface area (Å²) in [7, 11) is 0. The molecule has 88 valence electrons. The molecule has 4 unspecified atom stereocenters. The third-order valence-corrected chi connectivity index (χ3v) is 7.44. The van der Waals surface area contributed by atoms with Crippen molar-refractivity contribution in [2.45, 2.75) is 36.9 Å². The lowest BCUT2D eigenvalue weighted by atomic mass is 9.85. The van der Waals surface area contributed by atoms with Crippen molar-refractivity contribution >= 4 is 43.2 Å². The van der Waals surface area contributed by atoms with E-state index in [0.29, 0.717) is 4.83 Å². The van der Waals surface area contributed by atoms with Crippen LogP contribution in [0.1, 0.15) is 41.8 Å². The summed E-state index contributed by atoms with van der Waals surface area (Å²) in [4.78, 5) is 2.04. The Kier molecular flexibility index (Phi) is 3.47. The third kappa shape index (κ3) is 2.15. The lowest BCUT2D eigenvalue weighted by molar-refractivity contribution is 0.314. The first-order chi connectivity index (χ1) is 7.74. The van der Waals surface area contributed by atoms with Gasteiger partial charge in [-0.3, -0.25) is 0 Å². The van der Waals surface area contributed by atoms with E-state index in [1.807, 2.05) is 11.3 Å². The molecule has 1 aromatic heterocycles. The summed E-state index contributed by atoms with van der Waals surface area (Å²) in [6.45, 7) is 0. The summed E-state index contributed by atoms with van der Waals surface area (Å²) in [6.07, 6.45) is 7.36. The maximum Gasteiger partial charge on any atom is 0.0503 e. The second-order valence-corrected chi connectivity index (χ2v) is 8.18. The normalized spacial score (nSPS) is 34.5. The van der Waals surface area contributed by atoms with Crippen molar-refractivity contribution in [1.82, 2.24) is 0 Å². The molecule has 2 bridgehead atoms. The molecule has 0 saturated heterocycles. The molecule has 1 aromatic rings. The lowest BCUT2D eigenvalue weighted by Crippen LogP contribution is -2.12. The zero-order chi connectivity index (χ0) is 11.1. The van der Waals surface area contributed by atoms with Crippen LogP contribution >= 0.6 is 43.2 Å². The highest BCUT2D eigenvalue weighted by atomic mass is 79.9. The van der Waals surface area contributed by atoms with Gasteiger partial charge in [-0.25, -0.2) is 0 Å². The average Bonchev–Trinajstić information content (AvgIpc) is 2.92. The van der Waals surface area contributed by atoms with E-state index in [2.05, 4.69) is 43.3 Å². The van der Waals surface area contributed by atoms with Crippen LogP contribution in [0.4, 0.5) is 0 Å². The highest BCUT2D eigenvalue weighted by Gasteiger charge is 2.40. The van der Waals surface area contributed by atoms with Crippen LogP contribution in [-0.2, 0) is 0 Å². The van der Waals surface area contributed by atoms with Crippen LogP contribution in [0.25, 0.3) is 0 Å². The van der Waals surface area contributed by atoms with Crippen molar-refractivity contribution in [2.75, 3.05) is 0 Å². The molecule has 2 fully saturated rings. The van der Waals surface area contributed by atoms with E-state index in [9.17, 15) is 0 Å². The van der Waals surface area contributed by atoms with Gasteiger partial charge in [-0.15, -0.1) is 11.3 Å². The first kappa shape index (κ1) is 11.7. The molecule has 2 aliphatic carbocycles. The zero-order valence-corrected chi connectivity index (χ0v) is 13.2. The van der Waals surface area contributed by atoms with E-state index in [0.717, 1.165) is 17.8 Å². The van der Waals surface area contributed by atoms with Gasteiger partial charge in [0.2, 0.25) is 0 Å². The summed E-state index contributed by atoms with van der Waals surface area (Å²) in [5.74, 6) is 3.10. The van der Waals surface area contributed by atoms with Gasteiger partial charge in [-0.1, -0.05) is 22.4 Å².